The molecule has 0 saturated carbocycles. The summed E-state index contributed by atoms with van der Waals surface area (Å²) in [7, 11) is 1.64. The normalized spacial score (nSPS) is 11.2. The molecule has 0 saturated heterocycles. The third-order valence-electron chi connectivity index (χ3n) is 4.72. The lowest BCUT2D eigenvalue weighted by Gasteiger charge is -2.09. The Morgan fingerprint density at radius 2 is 2.06 bits per heavy atom. The van der Waals surface area contributed by atoms with Crippen molar-refractivity contribution in [3.05, 3.63) is 52.5 Å². The molecule has 1 amide bonds. The molecule has 11 heteroatoms. The van der Waals surface area contributed by atoms with E-state index in [-0.39, 0.29) is 17.7 Å². The molecular formula is C21H22N6O4S. The summed E-state index contributed by atoms with van der Waals surface area (Å²) in [5, 5.41) is 12.2. The molecule has 4 rings (SSSR count). The number of amides is 1. The monoisotopic (exact) mass is 454 g/mol. The fourth-order valence-electron chi connectivity index (χ4n) is 3.17. The van der Waals surface area contributed by atoms with Crippen LogP contribution in [-0.4, -0.2) is 58.7 Å². The zero-order valence-corrected chi connectivity index (χ0v) is 18.4. The summed E-state index contributed by atoms with van der Waals surface area (Å²) in [5.74, 6) is 0.186. The number of fused-ring (bicyclic) bond motifs is 2. The SMILES string of the molecule is COCCNc1nc(SC)nc2c1cnn2CCNC(=O)c1cc(=O)c2ccccc2o1. The summed E-state index contributed by atoms with van der Waals surface area (Å²) < 4.78 is 12.4. The number of carbonyl (C=O) groups is 1. The number of aromatic nitrogens is 4. The van der Waals surface area contributed by atoms with Gasteiger partial charge in [-0.2, -0.15) is 5.10 Å². The molecule has 0 unspecified atom stereocenters. The molecule has 0 atom stereocenters. The molecule has 0 aliphatic carbocycles. The molecule has 166 valence electrons. The highest BCUT2D eigenvalue weighted by Gasteiger charge is 2.14. The Morgan fingerprint density at radius 1 is 1.22 bits per heavy atom. The maximum Gasteiger partial charge on any atom is 0.287 e. The average Bonchev–Trinajstić information content (AvgIpc) is 3.22. The number of nitrogens with one attached hydrogen (secondary N) is 2. The van der Waals surface area contributed by atoms with Gasteiger partial charge < -0.3 is 19.8 Å². The Balaban J connectivity index is 1.48. The van der Waals surface area contributed by atoms with E-state index in [1.165, 1.54) is 17.8 Å². The fraction of sp³-hybridized carbons (Fsp3) is 0.286. The number of ether oxygens (including phenoxy) is 1. The van der Waals surface area contributed by atoms with Crippen molar-refractivity contribution in [3.63, 3.8) is 0 Å². The van der Waals surface area contributed by atoms with Crippen LogP contribution in [0.25, 0.3) is 22.0 Å². The minimum absolute atomic E-state index is 0.0318. The van der Waals surface area contributed by atoms with Crippen LogP contribution in [0.5, 0.6) is 0 Å². The summed E-state index contributed by atoms with van der Waals surface area (Å²) in [6, 6.07) is 8.02. The predicted molar refractivity (Wildman–Crippen MR) is 122 cm³/mol. The lowest BCUT2D eigenvalue weighted by Crippen LogP contribution is -2.28. The summed E-state index contributed by atoms with van der Waals surface area (Å²) in [6.07, 6.45) is 3.59. The van der Waals surface area contributed by atoms with E-state index in [9.17, 15) is 9.59 Å². The van der Waals surface area contributed by atoms with E-state index in [4.69, 9.17) is 9.15 Å². The van der Waals surface area contributed by atoms with Gasteiger partial charge in [-0.15, -0.1) is 0 Å². The first-order valence-electron chi connectivity index (χ1n) is 9.92. The van der Waals surface area contributed by atoms with Gasteiger partial charge in [-0.25, -0.2) is 14.6 Å². The van der Waals surface area contributed by atoms with Gasteiger partial charge in [-0.3, -0.25) is 9.59 Å². The Morgan fingerprint density at radius 3 is 2.88 bits per heavy atom. The molecule has 0 spiro atoms. The molecule has 0 aliphatic rings. The van der Waals surface area contributed by atoms with Gasteiger partial charge in [0.05, 0.1) is 30.1 Å². The molecule has 3 heterocycles. The maximum atomic E-state index is 12.5. The predicted octanol–water partition coefficient (Wildman–Crippen LogP) is 2.14. The number of methoxy groups -OCH3 is 1. The number of hydrogen-bond acceptors (Lipinski definition) is 9. The Bertz CT molecular complexity index is 1320. The molecule has 1 aromatic carbocycles. The number of para-hydroxylation sites is 1. The first kappa shape index (κ1) is 21.8. The number of nitrogens with zero attached hydrogens (tertiary/aromatic N) is 4. The van der Waals surface area contributed by atoms with Crippen molar-refractivity contribution in [2.24, 2.45) is 0 Å². The van der Waals surface area contributed by atoms with Gasteiger partial charge in [0.2, 0.25) is 0 Å². The van der Waals surface area contributed by atoms with Crippen molar-refractivity contribution < 1.29 is 13.9 Å². The van der Waals surface area contributed by atoms with Gasteiger partial charge >= 0.3 is 0 Å². The van der Waals surface area contributed by atoms with E-state index in [2.05, 4.69) is 25.7 Å². The van der Waals surface area contributed by atoms with Crippen LogP contribution in [-0.2, 0) is 11.3 Å². The molecule has 10 nitrogen and oxygen atoms in total. The summed E-state index contributed by atoms with van der Waals surface area (Å²) >= 11 is 1.43. The van der Waals surface area contributed by atoms with Crippen molar-refractivity contribution >= 4 is 45.5 Å². The van der Waals surface area contributed by atoms with E-state index >= 15 is 0 Å². The van der Waals surface area contributed by atoms with Crippen LogP contribution in [0.3, 0.4) is 0 Å². The van der Waals surface area contributed by atoms with Gasteiger partial charge in [-0.05, 0) is 18.4 Å². The van der Waals surface area contributed by atoms with Crippen molar-refractivity contribution in [1.29, 1.82) is 0 Å². The van der Waals surface area contributed by atoms with Crippen LogP contribution >= 0.6 is 11.8 Å². The lowest BCUT2D eigenvalue weighted by molar-refractivity contribution is 0.0925. The van der Waals surface area contributed by atoms with Gasteiger partial charge in [0.25, 0.3) is 5.91 Å². The molecule has 3 aromatic heterocycles. The smallest absolute Gasteiger partial charge is 0.287 e. The van der Waals surface area contributed by atoms with Crippen LogP contribution in [0, 0.1) is 0 Å². The minimum atomic E-state index is -0.467. The number of carbonyl (C=O) groups excluding carboxylic acids is 1. The summed E-state index contributed by atoms with van der Waals surface area (Å²) in [6.45, 7) is 1.81. The number of rotatable bonds is 9. The second-order valence-corrected chi connectivity index (χ2v) is 7.58. The number of anilines is 1. The lowest BCUT2D eigenvalue weighted by atomic mass is 10.2. The number of benzene rings is 1. The third kappa shape index (κ3) is 4.58. The molecule has 0 aliphatic heterocycles. The van der Waals surface area contributed by atoms with Crippen molar-refractivity contribution in [3.8, 4) is 0 Å². The van der Waals surface area contributed by atoms with E-state index < -0.39 is 5.91 Å². The third-order valence-corrected chi connectivity index (χ3v) is 5.27. The second-order valence-electron chi connectivity index (χ2n) is 6.81. The zero-order chi connectivity index (χ0) is 22.5. The topological polar surface area (TPSA) is 124 Å². The Kier molecular flexibility index (Phi) is 6.66. The minimum Gasteiger partial charge on any atom is -0.451 e. The van der Waals surface area contributed by atoms with Crippen LogP contribution < -0.4 is 16.1 Å². The highest BCUT2D eigenvalue weighted by molar-refractivity contribution is 7.98. The molecular weight excluding hydrogens is 432 g/mol. The zero-order valence-electron chi connectivity index (χ0n) is 17.6. The summed E-state index contributed by atoms with van der Waals surface area (Å²) in [5.41, 5.74) is 0.777. The van der Waals surface area contributed by atoms with E-state index in [0.717, 1.165) is 5.39 Å². The van der Waals surface area contributed by atoms with Gasteiger partial charge in [-0.1, -0.05) is 23.9 Å². The van der Waals surface area contributed by atoms with E-state index in [1.807, 2.05) is 6.26 Å². The van der Waals surface area contributed by atoms with Gasteiger partial charge in [0, 0.05) is 26.3 Å². The van der Waals surface area contributed by atoms with Crippen LogP contribution in [0.1, 0.15) is 10.6 Å². The van der Waals surface area contributed by atoms with Crippen molar-refractivity contribution in [2.45, 2.75) is 11.7 Å². The molecule has 0 bridgehead atoms. The molecule has 2 N–H and O–H groups in total. The number of hydrogen-bond donors (Lipinski definition) is 2. The first-order valence-corrected chi connectivity index (χ1v) is 11.1. The quantitative estimate of drug-likeness (QED) is 0.222. The molecule has 32 heavy (non-hydrogen) atoms. The average molecular weight is 455 g/mol. The molecule has 4 aromatic rings. The Labute approximate surface area is 187 Å². The van der Waals surface area contributed by atoms with E-state index in [1.54, 1.807) is 42.3 Å². The van der Waals surface area contributed by atoms with Crippen molar-refractivity contribution in [1.82, 2.24) is 25.1 Å². The standard InChI is InChI=1S/C21H22N6O4S/c1-30-10-8-22-18-14-12-24-27(19(14)26-21(25-18)32-2)9-7-23-20(29)17-11-15(28)13-5-3-4-6-16(13)31-17/h3-6,11-12H,7-10H2,1-2H3,(H,23,29)(H,22,25,26). The van der Waals surface area contributed by atoms with Crippen LogP contribution in [0.15, 0.2) is 50.9 Å². The number of thioether (sulfide) groups is 1. The van der Waals surface area contributed by atoms with E-state index in [0.29, 0.717) is 47.3 Å². The van der Waals surface area contributed by atoms with Crippen LogP contribution in [0.2, 0.25) is 0 Å². The largest absolute Gasteiger partial charge is 0.451 e. The summed E-state index contributed by atoms with van der Waals surface area (Å²) in [4.78, 5) is 33.8. The molecule has 0 radical (unpaired) electrons. The van der Waals surface area contributed by atoms with Crippen molar-refractivity contribution in [2.75, 3.05) is 38.4 Å². The van der Waals surface area contributed by atoms with Crippen LogP contribution in [0.4, 0.5) is 5.82 Å². The first-order chi connectivity index (χ1) is 15.6. The highest BCUT2D eigenvalue weighted by Crippen LogP contribution is 2.23. The Hall–Kier alpha value is -3.44. The fourth-order valence-corrected chi connectivity index (χ4v) is 3.54. The maximum absolute atomic E-state index is 12.5. The van der Waals surface area contributed by atoms with Gasteiger partial charge in [0.1, 0.15) is 11.4 Å². The highest BCUT2D eigenvalue weighted by atomic mass is 32.2. The second kappa shape index (κ2) is 9.79. The molecule has 0 fully saturated rings. The van der Waals surface area contributed by atoms with Gasteiger partial charge in [0.15, 0.2) is 22.0 Å².